The Hall–Kier alpha value is -1.02. The van der Waals surface area contributed by atoms with Gasteiger partial charge in [0.2, 0.25) is 0 Å². The highest BCUT2D eigenvalue weighted by Gasteiger charge is 2.13. The van der Waals surface area contributed by atoms with Gasteiger partial charge in [0, 0.05) is 12.5 Å². The van der Waals surface area contributed by atoms with Crippen molar-refractivity contribution in [2.24, 2.45) is 5.92 Å². The minimum Gasteiger partial charge on any atom is -0.493 e. The minimum atomic E-state index is 0.680. The molecular formula is C15H23NO. The number of hydrogen-bond donors (Lipinski definition) is 1. The van der Waals surface area contributed by atoms with Crippen LogP contribution in [-0.2, 0) is 6.42 Å². The summed E-state index contributed by atoms with van der Waals surface area (Å²) in [7, 11) is 0. The highest BCUT2D eigenvalue weighted by atomic mass is 16.5. The molecule has 1 atom stereocenters. The molecule has 1 aliphatic rings. The second kappa shape index (κ2) is 6.65. The fourth-order valence-electron chi connectivity index (χ4n) is 2.32. The van der Waals surface area contributed by atoms with Crippen LogP contribution in [0.5, 0.6) is 5.75 Å². The van der Waals surface area contributed by atoms with E-state index in [1.54, 1.807) is 0 Å². The molecule has 1 heterocycles. The topological polar surface area (TPSA) is 21.3 Å². The lowest BCUT2D eigenvalue weighted by Crippen LogP contribution is -2.33. The van der Waals surface area contributed by atoms with E-state index < -0.39 is 0 Å². The second-order valence-electron chi connectivity index (χ2n) is 4.92. The van der Waals surface area contributed by atoms with Crippen LogP contribution in [0, 0.1) is 5.92 Å². The summed E-state index contributed by atoms with van der Waals surface area (Å²) in [6.45, 7) is 5.33. The summed E-state index contributed by atoms with van der Waals surface area (Å²) in [5.41, 5.74) is 1.40. The summed E-state index contributed by atoms with van der Waals surface area (Å²) in [5, 5.41) is 3.42. The van der Waals surface area contributed by atoms with E-state index in [0.717, 1.165) is 25.3 Å². The van der Waals surface area contributed by atoms with Gasteiger partial charge >= 0.3 is 0 Å². The molecule has 0 saturated carbocycles. The summed E-state index contributed by atoms with van der Waals surface area (Å²) < 4.78 is 5.84. The first-order chi connectivity index (χ1) is 8.38. The van der Waals surface area contributed by atoms with E-state index in [4.69, 9.17) is 4.74 Å². The zero-order valence-corrected chi connectivity index (χ0v) is 10.7. The Morgan fingerprint density at radius 3 is 2.76 bits per heavy atom. The average Bonchev–Trinajstić information content (AvgIpc) is 2.40. The predicted octanol–water partition coefficient (Wildman–Crippen LogP) is 3.02. The molecule has 0 amide bonds. The maximum absolute atomic E-state index is 5.84. The first kappa shape index (κ1) is 12.4. The number of benzene rings is 1. The molecule has 94 valence electrons. The monoisotopic (exact) mass is 233 g/mol. The van der Waals surface area contributed by atoms with Gasteiger partial charge in [-0.25, -0.2) is 0 Å². The molecule has 17 heavy (non-hydrogen) atoms. The molecule has 1 aliphatic heterocycles. The average molecular weight is 233 g/mol. The number of hydrogen-bond acceptors (Lipinski definition) is 2. The van der Waals surface area contributed by atoms with Gasteiger partial charge in [-0.15, -0.1) is 0 Å². The summed E-state index contributed by atoms with van der Waals surface area (Å²) in [6, 6.07) is 8.55. The molecule has 0 unspecified atom stereocenters. The largest absolute Gasteiger partial charge is 0.493 e. The maximum atomic E-state index is 5.84. The Labute approximate surface area is 104 Å². The van der Waals surface area contributed by atoms with Crippen LogP contribution in [0.3, 0.4) is 0 Å². The highest BCUT2D eigenvalue weighted by Crippen LogP contribution is 2.16. The highest BCUT2D eigenvalue weighted by molar-refractivity contribution is 5.27. The SMILES string of the molecule is CCCc1ccc(OC[C@H]2CCCNC2)cc1. The van der Waals surface area contributed by atoms with Crippen molar-refractivity contribution in [2.75, 3.05) is 19.7 Å². The van der Waals surface area contributed by atoms with E-state index in [1.807, 2.05) is 0 Å². The van der Waals surface area contributed by atoms with Crippen LogP contribution < -0.4 is 10.1 Å². The molecule has 0 aliphatic carbocycles. The van der Waals surface area contributed by atoms with Gasteiger partial charge in [0.05, 0.1) is 6.61 Å². The second-order valence-corrected chi connectivity index (χ2v) is 4.92. The van der Waals surface area contributed by atoms with Crippen molar-refractivity contribution in [3.05, 3.63) is 29.8 Å². The normalized spacial score (nSPS) is 20.2. The predicted molar refractivity (Wildman–Crippen MR) is 71.5 cm³/mol. The maximum Gasteiger partial charge on any atom is 0.119 e. The number of rotatable bonds is 5. The van der Waals surface area contributed by atoms with Gasteiger partial charge in [0.15, 0.2) is 0 Å². The van der Waals surface area contributed by atoms with Gasteiger partial charge in [-0.2, -0.15) is 0 Å². The Morgan fingerprint density at radius 1 is 1.29 bits per heavy atom. The van der Waals surface area contributed by atoms with Crippen molar-refractivity contribution in [2.45, 2.75) is 32.6 Å². The van der Waals surface area contributed by atoms with Gasteiger partial charge in [0.25, 0.3) is 0 Å². The van der Waals surface area contributed by atoms with Crippen LogP contribution in [0.25, 0.3) is 0 Å². The number of nitrogens with one attached hydrogen (secondary N) is 1. The fourth-order valence-corrected chi connectivity index (χ4v) is 2.32. The van der Waals surface area contributed by atoms with Crippen LogP contribution in [0.15, 0.2) is 24.3 Å². The molecule has 0 spiro atoms. The molecule has 2 heteroatoms. The molecule has 2 nitrogen and oxygen atoms in total. The van der Waals surface area contributed by atoms with E-state index in [-0.39, 0.29) is 0 Å². The van der Waals surface area contributed by atoms with Crippen LogP contribution in [-0.4, -0.2) is 19.7 Å². The summed E-state index contributed by atoms with van der Waals surface area (Å²) in [6.07, 6.45) is 4.94. The van der Waals surface area contributed by atoms with Crippen molar-refractivity contribution >= 4 is 0 Å². The zero-order valence-electron chi connectivity index (χ0n) is 10.7. The first-order valence-corrected chi connectivity index (χ1v) is 6.81. The quantitative estimate of drug-likeness (QED) is 0.844. The lowest BCUT2D eigenvalue weighted by molar-refractivity contribution is 0.218. The van der Waals surface area contributed by atoms with Crippen LogP contribution >= 0.6 is 0 Å². The van der Waals surface area contributed by atoms with Crippen LogP contribution in [0.2, 0.25) is 0 Å². The van der Waals surface area contributed by atoms with Crippen LogP contribution in [0.1, 0.15) is 31.7 Å². The van der Waals surface area contributed by atoms with Crippen molar-refractivity contribution in [1.29, 1.82) is 0 Å². The minimum absolute atomic E-state index is 0.680. The summed E-state index contributed by atoms with van der Waals surface area (Å²) in [5.74, 6) is 1.69. The van der Waals surface area contributed by atoms with E-state index in [2.05, 4.69) is 36.5 Å². The Bertz CT molecular complexity index is 314. The lowest BCUT2D eigenvalue weighted by atomic mass is 10.0. The molecule has 1 aromatic carbocycles. The van der Waals surface area contributed by atoms with E-state index in [0.29, 0.717) is 5.92 Å². The molecule has 1 N–H and O–H groups in total. The third kappa shape index (κ3) is 4.04. The van der Waals surface area contributed by atoms with Crippen molar-refractivity contribution in [3.8, 4) is 5.75 Å². The standard InChI is InChI=1S/C15H23NO/c1-2-4-13-6-8-15(9-7-13)17-12-14-5-3-10-16-11-14/h6-9,14,16H,2-5,10-12H2,1H3/t14-/m0/s1. The third-order valence-electron chi connectivity index (χ3n) is 3.35. The molecule has 2 rings (SSSR count). The van der Waals surface area contributed by atoms with Crippen molar-refractivity contribution in [3.63, 3.8) is 0 Å². The van der Waals surface area contributed by atoms with Gasteiger partial charge in [-0.1, -0.05) is 25.5 Å². The molecular weight excluding hydrogens is 210 g/mol. The summed E-state index contributed by atoms with van der Waals surface area (Å²) in [4.78, 5) is 0. The van der Waals surface area contributed by atoms with Crippen molar-refractivity contribution < 1.29 is 4.74 Å². The number of piperidine rings is 1. The number of ether oxygens (including phenoxy) is 1. The molecule has 0 aromatic heterocycles. The van der Waals surface area contributed by atoms with Gasteiger partial charge < -0.3 is 10.1 Å². The third-order valence-corrected chi connectivity index (χ3v) is 3.35. The molecule has 1 fully saturated rings. The Balaban J connectivity index is 1.77. The summed E-state index contributed by atoms with van der Waals surface area (Å²) >= 11 is 0. The van der Waals surface area contributed by atoms with Gasteiger partial charge in [0.1, 0.15) is 5.75 Å². The molecule has 0 radical (unpaired) electrons. The van der Waals surface area contributed by atoms with Crippen molar-refractivity contribution in [1.82, 2.24) is 5.32 Å². The zero-order chi connectivity index (χ0) is 11.9. The van der Waals surface area contributed by atoms with Gasteiger partial charge in [-0.05, 0) is 43.5 Å². The van der Waals surface area contributed by atoms with E-state index >= 15 is 0 Å². The first-order valence-electron chi connectivity index (χ1n) is 6.81. The Kier molecular flexibility index (Phi) is 4.87. The number of aryl methyl sites for hydroxylation is 1. The molecule has 1 saturated heterocycles. The van der Waals surface area contributed by atoms with Crippen LogP contribution in [0.4, 0.5) is 0 Å². The smallest absolute Gasteiger partial charge is 0.119 e. The Morgan fingerprint density at radius 2 is 2.12 bits per heavy atom. The molecule has 0 bridgehead atoms. The van der Waals surface area contributed by atoms with E-state index in [1.165, 1.54) is 31.4 Å². The van der Waals surface area contributed by atoms with E-state index in [9.17, 15) is 0 Å². The lowest BCUT2D eigenvalue weighted by Gasteiger charge is -2.22. The van der Waals surface area contributed by atoms with Gasteiger partial charge in [-0.3, -0.25) is 0 Å². The fraction of sp³-hybridized carbons (Fsp3) is 0.600. The molecule has 1 aromatic rings.